The first-order chi connectivity index (χ1) is 42.3. The minimum Gasteiger partial charge on any atom is -0.506 e. The average Bonchev–Trinajstić information content (AvgIpc) is 1.13. The molecule has 0 spiro atoms. The Kier molecular flexibility index (Phi) is 32.3. The molecule has 0 aliphatic carbocycles. The number of aliphatic hydroxyl groups is 19. The van der Waals surface area contributed by atoms with Crippen molar-refractivity contribution in [2.45, 2.75) is 168 Å². The van der Waals surface area contributed by atoms with E-state index in [-0.39, 0.29) is 0 Å². The predicted octanol–water partition coefficient (Wildman–Crippen LogP) is -1.01. The van der Waals surface area contributed by atoms with Gasteiger partial charge in [0.05, 0.1) is 31.4 Å². The van der Waals surface area contributed by atoms with E-state index in [9.17, 15) is 103 Å². The van der Waals surface area contributed by atoms with Gasteiger partial charge in [0.2, 0.25) is 25.2 Å². The van der Waals surface area contributed by atoms with E-state index in [0.29, 0.717) is 0 Å². The average molecular weight is 1290 g/mol. The van der Waals surface area contributed by atoms with Crippen LogP contribution in [0.1, 0.15) is 32.1 Å². The molecule has 89 heavy (non-hydrogen) atoms. The molecule has 0 aromatic carbocycles. The van der Waals surface area contributed by atoms with E-state index in [2.05, 4.69) is 60.2 Å². The number of rotatable bonds is 18. The molecule has 498 valence electrons. The fourth-order valence-corrected chi connectivity index (χ4v) is 8.34. The van der Waals surface area contributed by atoms with Gasteiger partial charge in [0.25, 0.3) is 0 Å². The third kappa shape index (κ3) is 21.5. The van der Waals surface area contributed by atoms with E-state index in [1.807, 2.05) is 0 Å². The molecule has 21 N–H and O–H groups in total. The molecule has 0 aromatic heterocycles. The Balaban J connectivity index is 2.33. The molecular formula is C42H67N19O28. The largest absolute Gasteiger partial charge is 0.506 e. The lowest BCUT2D eigenvalue weighted by molar-refractivity contribution is -0.342. The van der Waals surface area contributed by atoms with Crippen LogP contribution >= 0.6 is 0 Å². The molecule has 5 aliphatic rings. The maximum absolute atomic E-state index is 11.4. The van der Waals surface area contributed by atoms with Crippen LogP contribution in [0.3, 0.4) is 0 Å². The highest BCUT2D eigenvalue weighted by molar-refractivity contribution is 5.14. The predicted molar refractivity (Wildman–Crippen MR) is 283 cm³/mol. The molecule has 4 bridgehead atoms. The minimum absolute atomic E-state index is 0.425. The van der Waals surface area contributed by atoms with Crippen LogP contribution in [0.2, 0.25) is 0 Å². The Morgan fingerprint density at radius 1 is 0.315 bits per heavy atom. The maximum Gasteiger partial charge on any atom is 0.218 e. The normalized spacial score (nSPS) is 38.7. The van der Waals surface area contributed by atoms with Crippen LogP contribution in [-0.2, 0) is 42.6 Å². The van der Waals surface area contributed by atoms with Gasteiger partial charge in [-0.1, -0.05) is 30.7 Å². The van der Waals surface area contributed by atoms with Crippen LogP contribution in [0.25, 0.3) is 62.7 Å². The zero-order valence-corrected chi connectivity index (χ0v) is 46.0. The van der Waals surface area contributed by atoms with Crippen LogP contribution in [0.5, 0.6) is 0 Å². The topological polar surface area (TPSA) is 786 Å². The van der Waals surface area contributed by atoms with Gasteiger partial charge >= 0.3 is 0 Å². The van der Waals surface area contributed by atoms with Gasteiger partial charge in [-0.25, -0.2) is 0 Å². The van der Waals surface area contributed by atoms with Crippen molar-refractivity contribution in [3.05, 3.63) is 109 Å². The Labute approximate surface area is 497 Å². The molecule has 5 rings (SSSR count). The fraction of sp³-hybridized carbons (Fsp3) is 0.810. The lowest BCUT2D eigenvalue weighted by Crippen LogP contribution is -2.63. The van der Waals surface area contributed by atoms with E-state index in [0.717, 1.165) is 0 Å². The van der Waals surface area contributed by atoms with Crippen molar-refractivity contribution in [1.82, 2.24) is 0 Å². The number of fused-ring (bicyclic) bond motifs is 2. The van der Waals surface area contributed by atoms with Crippen LogP contribution in [0.15, 0.2) is 76.8 Å². The summed E-state index contributed by atoms with van der Waals surface area (Å²) in [5, 5.41) is 232. The summed E-state index contributed by atoms with van der Waals surface area (Å²) in [6.45, 7) is -4.96. The second-order valence-electron chi connectivity index (χ2n) is 18.7. The van der Waals surface area contributed by atoms with Gasteiger partial charge in [0, 0.05) is 55.6 Å². The van der Waals surface area contributed by atoms with Crippen molar-refractivity contribution in [2.24, 2.45) is 36.4 Å². The Bertz CT molecular complexity index is 2720. The molecule has 5 heterocycles. The van der Waals surface area contributed by atoms with Crippen LogP contribution < -0.4 is 5.73 Å². The first-order valence-electron chi connectivity index (χ1n) is 25.9. The van der Waals surface area contributed by atoms with Gasteiger partial charge in [-0.05, 0) is 71.8 Å². The number of ether oxygens (including phenoxy) is 9. The molecular weight excluding hydrogens is 1220 g/mol. The molecule has 0 radical (unpaired) electrons. The Morgan fingerprint density at radius 3 is 0.933 bits per heavy atom. The highest BCUT2D eigenvalue weighted by Gasteiger charge is 2.51. The summed E-state index contributed by atoms with van der Waals surface area (Å²) in [5.74, 6) is -12.9. The summed E-state index contributed by atoms with van der Waals surface area (Å²) >= 11 is 0. The highest BCUT2D eigenvalue weighted by Crippen LogP contribution is 2.33. The second-order valence-corrected chi connectivity index (χ2v) is 18.7. The molecule has 0 amide bonds. The first kappa shape index (κ1) is 75.6. The van der Waals surface area contributed by atoms with Crippen molar-refractivity contribution in [2.75, 3.05) is 45.8 Å². The molecule has 2 fully saturated rings. The molecule has 5 aliphatic heterocycles. The number of nitrogens with two attached hydrogens (primary N) is 1. The standard InChI is InChI=1S/C42H67N19O28/c43-6-1-13-20(62)30(72)39(79)88-35-19(12-55-61-49)87-42(33(75)26(35)68)85-17(5-10-53-59-47)24(66)29(71)38(78)82-15(3-8-51-57-45)22(64)27(69)36(76)81-14(2-7-50-56-44)21(63)28(70)37(77)83-16(4-9-52-58-46)23(65)31(73)40(80)89-34-18(11-54-60-48)86-41(84-13)32(74)25(34)67/h13-20,25-26,30,32-42,62-80H,1-12,43H2/b27-22+,28-21-,29-24+,31-23+. The van der Waals surface area contributed by atoms with Gasteiger partial charge in [0.1, 0.15) is 73.2 Å². The van der Waals surface area contributed by atoms with Gasteiger partial charge in [0.15, 0.2) is 64.9 Å². The van der Waals surface area contributed by atoms with E-state index in [1.54, 1.807) is 0 Å². The van der Waals surface area contributed by atoms with E-state index in [1.165, 1.54) is 0 Å². The number of azide groups is 6. The number of hydrogen-bond donors (Lipinski definition) is 20. The summed E-state index contributed by atoms with van der Waals surface area (Å²) < 4.78 is 49.0. The number of hydrogen-bond acceptors (Lipinski definition) is 35. The van der Waals surface area contributed by atoms with E-state index >= 15 is 0 Å². The van der Waals surface area contributed by atoms with E-state index < -0.39 is 260 Å². The highest BCUT2D eigenvalue weighted by atomic mass is 16.7. The summed E-state index contributed by atoms with van der Waals surface area (Å²) in [5.41, 5.74) is 59.8. The van der Waals surface area contributed by atoms with Crippen molar-refractivity contribution in [1.29, 1.82) is 0 Å². The van der Waals surface area contributed by atoms with Gasteiger partial charge in [-0.15, -0.1) is 0 Å². The van der Waals surface area contributed by atoms with Crippen molar-refractivity contribution in [3.8, 4) is 0 Å². The third-order valence-electron chi connectivity index (χ3n) is 12.9. The second kappa shape index (κ2) is 38.0. The van der Waals surface area contributed by atoms with Crippen LogP contribution in [0.4, 0.5) is 0 Å². The van der Waals surface area contributed by atoms with Gasteiger partial charge in [-0.2, -0.15) is 0 Å². The van der Waals surface area contributed by atoms with Gasteiger partial charge in [-0.3, -0.25) is 0 Å². The molecule has 2 saturated heterocycles. The molecule has 0 aromatic rings. The molecule has 22 unspecified atom stereocenters. The molecule has 47 heteroatoms. The zero-order chi connectivity index (χ0) is 66.7. The first-order valence-corrected chi connectivity index (χ1v) is 25.9. The summed E-state index contributed by atoms with van der Waals surface area (Å²) in [6, 6.07) is 0. The molecule has 22 atom stereocenters. The monoisotopic (exact) mass is 1290 g/mol. The zero-order valence-electron chi connectivity index (χ0n) is 46.0. The molecule has 47 nitrogen and oxygen atoms in total. The minimum atomic E-state index is -2.93. The Morgan fingerprint density at radius 2 is 0.607 bits per heavy atom. The third-order valence-corrected chi connectivity index (χ3v) is 12.9. The molecule has 0 saturated carbocycles. The van der Waals surface area contributed by atoms with Crippen LogP contribution in [-0.4, -0.2) is 278 Å². The lowest BCUT2D eigenvalue weighted by atomic mass is 9.97. The quantitative estimate of drug-likeness (QED) is 0.0444. The Hall–Kier alpha value is -7.62. The number of aliphatic hydroxyl groups excluding tert-OH is 19. The van der Waals surface area contributed by atoms with Crippen LogP contribution in [0, 0.1) is 0 Å². The maximum atomic E-state index is 11.4. The van der Waals surface area contributed by atoms with E-state index in [4.69, 9.17) is 76.0 Å². The fourth-order valence-electron chi connectivity index (χ4n) is 8.34. The summed E-state index contributed by atoms with van der Waals surface area (Å²) in [4.78, 5) is 15.1. The SMILES string of the molecule is [N-]=[N+]=NCCC1OC(O)/C(O)=C(\O)C(CCN=[N+]=[N-])OC(O)/C(O)=C(\O)C(CCN=[N+]=[N-])OC2OC(CN=[N+]=[N-])C(OC(O)C(O)C(O)C(CCN)OC3OC(CN=[N+]=[N-])C(OC(O)/C(O)=C(\O)C(CCN=[N+]=[N-])OC(O)/C(O)=C\1O)C(O)C3O)C(O)C2O. The summed E-state index contributed by atoms with van der Waals surface area (Å²) in [6.07, 6.45) is -55.6. The van der Waals surface area contributed by atoms with Crippen molar-refractivity contribution < 1.29 is 140 Å². The van der Waals surface area contributed by atoms with Crippen molar-refractivity contribution >= 4 is 0 Å². The smallest absolute Gasteiger partial charge is 0.218 e. The van der Waals surface area contributed by atoms with Crippen molar-refractivity contribution in [3.63, 3.8) is 0 Å². The summed E-state index contributed by atoms with van der Waals surface area (Å²) in [7, 11) is 0. The number of nitrogens with zero attached hydrogens (tertiary/aromatic N) is 18. The van der Waals surface area contributed by atoms with Gasteiger partial charge < -0.3 is 145 Å². The lowest BCUT2D eigenvalue weighted by Gasteiger charge is -2.45.